The summed E-state index contributed by atoms with van der Waals surface area (Å²) >= 11 is 0.869. The lowest BCUT2D eigenvalue weighted by atomic mass is 10.1. The third kappa shape index (κ3) is 6.26. The normalized spacial score (nSPS) is 10.5. The summed E-state index contributed by atoms with van der Waals surface area (Å²) in [5.41, 5.74) is 7.69. The number of hydrogen-bond acceptors (Lipinski definition) is 5. The number of carbonyl (C=O) groups is 2. The number of primary amides is 1. The van der Waals surface area contributed by atoms with Gasteiger partial charge in [0, 0.05) is 12.1 Å². The highest BCUT2D eigenvalue weighted by Gasteiger charge is 2.22. The molecule has 0 bridgehead atoms. The summed E-state index contributed by atoms with van der Waals surface area (Å²) in [6.45, 7) is 2.12. The molecule has 3 amide bonds. The minimum Gasteiger partial charge on any atom is -0.471 e. The quantitative estimate of drug-likeness (QED) is 0.435. The van der Waals surface area contributed by atoms with Crippen molar-refractivity contribution in [1.29, 1.82) is 0 Å². The Morgan fingerprint density at radius 3 is 2.68 bits per heavy atom. The Labute approximate surface area is 183 Å². The van der Waals surface area contributed by atoms with Gasteiger partial charge in [-0.2, -0.15) is 4.37 Å². The van der Waals surface area contributed by atoms with Crippen LogP contribution in [-0.4, -0.2) is 22.9 Å². The number of ether oxygens (including phenoxy) is 1. The Morgan fingerprint density at radius 2 is 1.97 bits per heavy atom. The maximum absolute atomic E-state index is 14.0. The van der Waals surface area contributed by atoms with Crippen molar-refractivity contribution >= 4 is 28.5 Å². The maximum atomic E-state index is 14.0. The lowest BCUT2D eigenvalue weighted by Crippen LogP contribution is -2.30. The molecule has 9 heteroatoms. The number of nitrogens with one attached hydrogen (secondary N) is 2. The van der Waals surface area contributed by atoms with Crippen molar-refractivity contribution in [3.05, 3.63) is 76.6 Å². The molecule has 0 saturated heterocycles. The predicted octanol–water partition coefficient (Wildman–Crippen LogP) is 4.02. The van der Waals surface area contributed by atoms with E-state index in [9.17, 15) is 14.0 Å². The van der Waals surface area contributed by atoms with Crippen LogP contribution in [0.4, 0.5) is 14.2 Å². The lowest BCUT2D eigenvalue weighted by molar-refractivity contribution is 0.0996. The van der Waals surface area contributed by atoms with E-state index < -0.39 is 17.8 Å². The third-order valence-electron chi connectivity index (χ3n) is 4.48. The molecule has 7 nitrogen and oxygen atoms in total. The number of benzene rings is 2. The van der Waals surface area contributed by atoms with Gasteiger partial charge in [0.25, 0.3) is 5.91 Å². The average Bonchev–Trinajstić information content (AvgIpc) is 3.14. The minimum absolute atomic E-state index is 0.0445. The van der Waals surface area contributed by atoms with Crippen molar-refractivity contribution in [1.82, 2.24) is 9.69 Å². The Hall–Kier alpha value is -3.46. The van der Waals surface area contributed by atoms with Crippen molar-refractivity contribution in [2.75, 3.05) is 11.9 Å². The molecule has 0 aliphatic rings. The monoisotopic (exact) mass is 442 g/mol. The molecule has 2 aromatic carbocycles. The number of nitrogens with zero attached hydrogens (tertiary/aromatic N) is 1. The van der Waals surface area contributed by atoms with Crippen molar-refractivity contribution in [3.63, 3.8) is 0 Å². The van der Waals surface area contributed by atoms with Crippen LogP contribution in [0.3, 0.4) is 0 Å². The van der Waals surface area contributed by atoms with Gasteiger partial charge in [0.15, 0.2) is 0 Å². The fourth-order valence-electron chi connectivity index (χ4n) is 2.88. The summed E-state index contributed by atoms with van der Waals surface area (Å²) in [5.74, 6) is -1.26. The summed E-state index contributed by atoms with van der Waals surface area (Å²) < 4.78 is 23.5. The highest BCUT2D eigenvalue weighted by Crippen LogP contribution is 2.30. The number of urea groups is 1. The molecule has 31 heavy (non-hydrogen) atoms. The molecular weight excluding hydrogens is 419 g/mol. The smallest absolute Gasteiger partial charge is 0.319 e. The van der Waals surface area contributed by atoms with Crippen LogP contribution in [-0.2, 0) is 13.0 Å². The fraction of sp³-hybridized carbons (Fsp3) is 0.227. The van der Waals surface area contributed by atoms with E-state index in [4.69, 9.17) is 10.5 Å². The van der Waals surface area contributed by atoms with E-state index >= 15 is 0 Å². The van der Waals surface area contributed by atoms with Crippen LogP contribution in [0.1, 0.15) is 33.5 Å². The zero-order chi connectivity index (χ0) is 22.2. The molecule has 0 saturated carbocycles. The molecule has 162 valence electrons. The topological polar surface area (TPSA) is 106 Å². The predicted molar refractivity (Wildman–Crippen MR) is 118 cm³/mol. The second kappa shape index (κ2) is 10.5. The number of anilines is 1. The molecule has 0 fully saturated rings. The van der Waals surface area contributed by atoms with Gasteiger partial charge < -0.3 is 15.8 Å². The van der Waals surface area contributed by atoms with Crippen LogP contribution < -0.4 is 21.1 Å². The van der Waals surface area contributed by atoms with Crippen LogP contribution >= 0.6 is 11.5 Å². The van der Waals surface area contributed by atoms with Gasteiger partial charge in [0.05, 0.1) is 0 Å². The van der Waals surface area contributed by atoms with Gasteiger partial charge in [0.2, 0.25) is 5.88 Å². The van der Waals surface area contributed by atoms with Gasteiger partial charge in [-0.1, -0.05) is 42.5 Å². The van der Waals surface area contributed by atoms with Gasteiger partial charge in [-0.05, 0) is 48.5 Å². The number of carbonyl (C=O) groups excluding carboxylic acids is 2. The second-order valence-electron chi connectivity index (χ2n) is 6.91. The molecule has 3 aromatic rings. The van der Waals surface area contributed by atoms with Gasteiger partial charge in [-0.25, -0.2) is 9.18 Å². The first-order valence-corrected chi connectivity index (χ1v) is 10.5. The van der Waals surface area contributed by atoms with Crippen molar-refractivity contribution < 1.29 is 18.7 Å². The van der Waals surface area contributed by atoms with E-state index in [-0.39, 0.29) is 23.1 Å². The summed E-state index contributed by atoms with van der Waals surface area (Å²) in [4.78, 5) is 24.1. The lowest BCUT2D eigenvalue weighted by Gasteiger charge is -2.08. The van der Waals surface area contributed by atoms with E-state index in [2.05, 4.69) is 15.0 Å². The Kier molecular flexibility index (Phi) is 7.55. The highest BCUT2D eigenvalue weighted by atomic mass is 32.1. The van der Waals surface area contributed by atoms with Crippen molar-refractivity contribution in [2.24, 2.45) is 5.73 Å². The van der Waals surface area contributed by atoms with Crippen LogP contribution in [0.5, 0.6) is 5.88 Å². The first-order chi connectivity index (χ1) is 14.9. The Bertz CT molecular complexity index is 1060. The van der Waals surface area contributed by atoms with Crippen LogP contribution in [0, 0.1) is 12.7 Å². The standard InChI is InChI=1S/C22H23FN4O3S/c1-14-9-10-16(17(23)12-14)13-30-20-18(19(24)28)21(31-27-20)26-22(29)25-11-5-8-15-6-3-2-4-7-15/h2-4,6-7,9-10,12H,5,8,11,13H2,1H3,(H2,24,28)(H2,25,26,29). The number of aryl methyl sites for hydroxylation is 2. The summed E-state index contributed by atoms with van der Waals surface area (Å²) in [7, 11) is 0. The van der Waals surface area contributed by atoms with Crippen LogP contribution in [0.2, 0.25) is 0 Å². The molecule has 0 aliphatic carbocycles. The highest BCUT2D eigenvalue weighted by molar-refractivity contribution is 7.11. The minimum atomic E-state index is -0.799. The summed E-state index contributed by atoms with van der Waals surface area (Å²) in [6.07, 6.45) is 1.60. The molecule has 1 heterocycles. The molecule has 0 aliphatic heterocycles. The molecular formula is C22H23FN4O3S. The van der Waals surface area contributed by atoms with Gasteiger partial charge in [0.1, 0.15) is 23.0 Å². The zero-order valence-electron chi connectivity index (χ0n) is 17.0. The first-order valence-electron chi connectivity index (χ1n) is 9.70. The van der Waals surface area contributed by atoms with E-state index in [0.29, 0.717) is 12.1 Å². The maximum Gasteiger partial charge on any atom is 0.319 e. The Morgan fingerprint density at radius 1 is 1.19 bits per heavy atom. The molecule has 0 atom stereocenters. The van der Waals surface area contributed by atoms with E-state index in [1.165, 1.54) is 11.6 Å². The average molecular weight is 443 g/mol. The largest absolute Gasteiger partial charge is 0.471 e. The summed E-state index contributed by atoms with van der Waals surface area (Å²) in [6, 6.07) is 14.2. The third-order valence-corrected chi connectivity index (χ3v) is 5.22. The fourth-order valence-corrected chi connectivity index (χ4v) is 3.61. The zero-order valence-corrected chi connectivity index (χ0v) is 17.8. The second-order valence-corrected chi connectivity index (χ2v) is 7.68. The van der Waals surface area contributed by atoms with E-state index in [1.54, 1.807) is 19.1 Å². The van der Waals surface area contributed by atoms with Crippen LogP contribution in [0.15, 0.2) is 48.5 Å². The van der Waals surface area contributed by atoms with Crippen molar-refractivity contribution in [3.8, 4) is 5.88 Å². The van der Waals surface area contributed by atoms with Crippen LogP contribution in [0.25, 0.3) is 0 Å². The Balaban J connectivity index is 1.55. The molecule has 4 N–H and O–H groups in total. The summed E-state index contributed by atoms with van der Waals surface area (Å²) in [5, 5.41) is 5.49. The number of rotatable bonds is 9. The van der Waals surface area contributed by atoms with Gasteiger partial charge in [-0.3, -0.25) is 10.1 Å². The first kappa shape index (κ1) is 22.2. The van der Waals surface area contributed by atoms with Gasteiger partial charge in [-0.15, -0.1) is 0 Å². The number of hydrogen-bond donors (Lipinski definition) is 3. The van der Waals surface area contributed by atoms with Crippen molar-refractivity contribution in [2.45, 2.75) is 26.4 Å². The molecule has 0 radical (unpaired) electrons. The number of nitrogens with two attached hydrogens (primary N) is 1. The molecule has 0 unspecified atom stereocenters. The molecule has 0 spiro atoms. The van der Waals surface area contributed by atoms with E-state index in [1.807, 2.05) is 30.3 Å². The SMILES string of the molecule is Cc1ccc(COc2nsc(NC(=O)NCCCc3ccccc3)c2C(N)=O)c(F)c1. The number of amides is 3. The van der Waals surface area contributed by atoms with E-state index in [0.717, 1.165) is 29.9 Å². The number of aromatic nitrogens is 1. The molecule has 1 aromatic heterocycles. The number of halogens is 1. The molecule has 3 rings (SSSR count). The van der Waals surface area contributed by atoms with Gasteiger partial charge >= 0.3 is 6.03 Å².